The summed E-state index contributed by atoms with van der Waals surface area (Å²) in [4.78, 5) is 0. The van der Waals surface area contributed by atoms with Gasteiger partial charge in [0.25, 0.3) is 0 Å². The highest BCUT2D eigenvalue weighted by Crippen LogP contribution is 2.15. The van der Waals surface area contributed by atoms with Crippen molar-refractivity contribution in [2.75, 3.05) is 13.2 Å². The first kappa shape index (κ1) is 18.9. The van der Waals surface area contributed by atoms with Crippen LogP contribution in [0.3, 0.4) is 0 Å². The first-order chi connectivity index (χ1) is 8.73. The van der Waals surface area contributed by atoms with E-state index < -0.39 is 23.0 Å². The number of aliphatic hydroxyl groups is 2. The average molecular weight is 311 g/mol. The van der Waals surface area contributed by atoms with E-state index in [-0.39, 0.29) is 13.2 Å². The lowest BCUT2D eigenvalue weighted by Gasteiger charge is -2.20. The molecule has 5 heteroatoms. The number of allylic oxidation sites excluding steroid dienone is 2. The molecule has 0 aromatic heterocycles. The standard InChI is InChI=1S/C14H24Cl2O3/c1-9(2)5-11(15)13(17)7-19-8-14(18)12(16)6-10(3)4/h11-14,17-18H,1,3,5-8H2,2,4H3. The maximum Gasteiger partial charge on any atom is 0.0939 e. The number of halogens is 2. The molecule has 0 aromatic carbocycles. The summed E-state index contributed by atoms with van der Waals surface area (Å²) in [6.07, 6.45) is -0.522. The van der Waals surface area contributed by atoms with Crippen LogP contribution in [0.1, 0.15) is 26.7 Å². The number of alkyl halides is 2. The molecule has 4 unspecified atom stereocenters. The first-order valence-electron chi connectivity index (χ1n) is 6.24. The fourth-order valence-electron chi connectivity index (χ4n) is 1.46. The van der Waals surface area contributed by atoms with Crippen LogP contribution in [0.5, 0.6) is 0 Å². The lowest BCUT2D eigenvalue weighted by Crippen LogP contribution is -2.31. The van der Waals surface area contributed by atoms with E-state index in [1.165, 1.54) is 0 Å². The van der Waals surface area contributed by atoms with Crippen molar-refractivity contribution >= 4 is 23.2 Å². The molecule has 0 aliphatic rings. The van der Waals surface area contributed by atoms with E-state index >= 15 is 0 Å². The predicted molar refractivity (Wildman–Crippen MR) is 81.0 cm³/mol. The molecule has 0 saturated carbocycles. The summed E-state index contributed by atoms with van der Waals surface area (Å²) in [5, 5.41) is 18.6. The van der Waals surface area contributed by atoms with Gasteiger partial charge in [0.1, 0.15) is 0 Å². The van der Waals surface area contributed by atoms with E-state index in [1.54, 1.807) is 0 Å². The van der Waals surface area contributed by atoms with Crippen molar-refractivity contribution < 1.29 is 14.9 Å². The molecule has 0 bridgehead atoms. The average Bonchev–Trinajstić information content (AvgIpc) is 2.26. The molecule has 3 nitrogen and oxygen atoms in total. The van der Waals surface area contributed by atoms with Gasteiger partial charge in [0.2, 0.25) is 0 Å². The van der Waals surface area contributed by atoms with Crippen molar-refractivity contribution in [3.05, 3.63) is 24.3 Å². The van der Waals surface area contributed by atoms with Crippen LogP contribution in [-0.2, 0) is 4.74 Å². The van der Waals surface area contributed by atoms with Crippen LogP contribution in [-0.4, -0.2) is 46.4 Å². The monoisotopic (exact) mass is 310 g/mol. The van der Waals surface area contributed by atoms with E-state index in [2.05, 4.69) is 13.2 Å². The minimum Gasteiger partial charge on any atom is -0.389 e. The van der Waals surface area contributed by atoms with Crippen molar-refractivity contribution in [3.63, 3.8) is 0 Å². The molecule has 0 aliphatic heterocycles. The Hall–Kier alpha value is -0.0600. The summed E-state index contributed by atoms with van der Waals surface area (Å²) in [7, 11) is 0. The molecule has 2 N–H and O–H groups in total. The molecule has 0 heterocycles. The smallest absolute Gasteiger partial charge is 0.0939 e. The minimum absolute atomic E-state index is 0.0647. The van der Waals surface area contributed by atoms with Crippen molar-refractivity contribution in [2.24, 2.45) is 0 Å². The molecule has 0 amide bonds. The Balaban J connectivity index is 3.88. The fourth-order valence-corrected chi connectivity index (χ4v) is 2.13. The van der Waals surface area contributed by atoms with E-state index in [9.17, 15) is 10.2 Å². The zero-order chi connectivity index (χ0) is 15.0. The third-order valence-electron chi connectivity index (χ3n) is 2.50. The van der Waals surface area contributed by atoms with Crippen molar-refractivity contribution in [1.82, 2.24) is 0 Å². The number of hydrogen-bond acceptors (Lipinski definition) is 3. The Bertz CT molecular complexity index is 266. The van der Waals surface area contributed by atoms with E-state index in [4.69, 9.17) is 27.9 Å². The van der Waals surface area contributed by atoms with Gasteiger partial charge in [-0.3, -0.25) is 0 Å². The van der Waals surface area contributed by atoms with Crippen molar-refractivity contribution in [3.8, 4) is 0 Å². The molecular weight excluding hydrogens is 287 g/mol. The molecule has 0 saturated heterocycles. The molecule has 0 fully saturated rings. The summed E-state index contributed by atoms with van der Waals surface area (Å²) in [5.74, 6) is 0. The normalized spacial score (nSPS) is 17.6. The summed E-state index contributed by atoms with van der Waals surface area (Å²) in [5.41, 5.74) is 1.81. The Morgan fingerprint density at radius 2 is 1.26 bits per heavy atom. The van der Waals surface area contributed by atoms with Crippen LogP contribution in [0.4, 0.5) is 0 Å². The molecule has 0 spiro atoms. The van der Waals surface area contributed by atoms with Crippen LogP contribution >= 0.6 is 23.2 Å². The second kappa shape index (κ2) is 9.78. The fraction of sp³-hybridized carbons (Fsp3) is 0.714. The quantitative estimate of drug-likeness (QED) is 0.482. The molecule has 0 aromatic rings. The molecule has 112 valence electrons. The summed E-state index contributed by atoms with van der Waals surface area (Å²) in [6, 6.07) is 0. The van der Waals surface area contributed by atoms with Gasteiger partial charge < -0.3 is 14.9 Å². The van der Waals surface area contributed by atoms with Crippen LogP contribution in [0.25, 0.3) is 0 Å². The summed E-state index contributed by atoms with van der Waals surface area (Å²) in [6.45, 7) is 11.3. The van der Waals surface area contributed by atoms with Gasteiger partial charge in [0.05, 0.1) is 36.2 Å². The van der Waals surface area contributed by atoms with Crippen LogP contribution in [0.2, 0.25) is 0 Å². The largest absolute Gasteiger partial charge is 0.389 e. The van der Waals surface area contributed by atoms with E-state index in [1.807, 2.05) is 13.8 Å². The van der Waals surface area contributed by atoms with Gasteiger partial charge in [-0.25, -0.2) is 0 Å². The predicted octanol–water partition coefficient (Wildman–Crippen LogP) is 2.87. The maximum atomic E-state index is 9.74. The highest BCUT2D eigenvalue weighted by molar-refractivity contribution is 6.21. The molecule has 0 rings (SSSR count). The van der Waals surface area contributed by atoms with Gasteiger partial charge in [0, 0.05) is 0 Å². The van der Waals surface area contributed by atoms with Gasteiger partial charge in [0.15, 0.2) is 0 Å². The molecule has 19 heavy (non-hydrogen) atoms. The summed E-state index contributed by atoms with van der Waals surface area (Å²) < 4.78 is 5.23. The molecule has 0 radical (unpaired) electrons. The van der Waals surface area contributed by atoms with Crippen molar-refractivity contribution in [1.29, 1.82) is 0 Å². The van der Waals surface area contributed by atoms with Gasteiger partial charge in [-0.15, -0.1) is 36.4 Å². The Morgan fingerprint density at radius 1 is 0.947 bits per heavy atom. The third kappa shape index (κ3) is 9.47. The second-order valence-electron chi connectivity index (χ2n) is 5.03. The Kier molecular flexibility index (Phi) is 9.75. The van der Waals surface area contributed by atoms with E-state index in [0.29, 0.717) is 12.8 Å². The number of rotatable bonds is 10. The lowest BCUT2D eigenvalue weighted by molar-refractivity contribution is -0.00915. The van der Waals surface area contributed by atoms with Gasteiger partial charge in [-0.2, -0.15) is 0 Å². The van der Waals surface area contributed by atoms with Crippen LogP contribution < -0.4 is 0 Å². The topological polar surface area (TPSA) is 49.7 Å². The number of ether oxygens (including phenoxy) is 1. The second-order valence-corrected chi connectivity index (χ2v) is 6.15. The zero-order valence-corrected chi connectivity index (χ0v) is 13.1. The van der Waals surface area contributed by atoms with Gasteiger partial charge >= 0.3 is 0 Å². The van der Waals surface area contributed by atoms with E-state index in [0.717, 1.165) is 11.1 Å². The summed E-state index contributed by atoms with van der Waals surface area (Å²) >= 11 is 12.0. The molecular formula is C14H24Cl2O3. The van der Waals surface area contributed by atoms with Crippen LogP contribution in [0, 0.1) is 0 Å². The molecule has 4 atom stereocenters. The highest BCUT2D eigenvalue weighted by atomic mass is 35.5. The zero-order valence-electron chi connectivity index (χ0n) is 11.6. The van der Waals surface area contributed by atoms with Gasteiger partial charge in [-0.1, -0.05) is 11.1 Å². The molecule has 0 aliphatic carbocycles. The van der Waals surface area contributed by atoms with Gasteiger partial charge in [-0.05, 0) is 26.7 Å². The number of aliphatic hydroxyl groups excluding tert-OH is 2. The third-order valence-corrected chi connectivity index (χ3v) is 3.39. The number of hydrogen-bond donors (Lipinski definition) is 2. The SMILES string of the molecule is C=C(C)CC(Cl)C(O)COCC(O)C(Cl)CC(=C)C. The lowest BCUT2D eigenvalue weighted by atomic mass is 10.1. The highest BCUT2D eigenvalue weighted by Gasteiger charge is 2.20. The Labute approximate surface area is 125 Å². The van der Waals surface area contributed by atoms with Crippen molar-refractivity contribution in [2.45, 2.75) is 49.7 Å². The Morgan fingerprint density at radius 3 is 1.53 bits per heavy atom. The maximum absolute atomic E-state index is 9.74. The minimum atomic E-state index is -0.791. The first-order valence-corrected chi connectivity index (χ1v) is 7.12. The van der Waals surface area contributed by atoms with Crippen LogP contribution in [0.15, 0.2) is 24.3 Å².